The molecule has 15 heavy (non-hydrogen) atoms. The number of nitrogens with zero attached hydrogens (tertiary/aromatic N) is 2. The summed E-state index contributed by atoms with van der Waals surface area (Å²) in [5.41, 5.74) is 0. The van der Waals surface area contributed by atoms with Gasteiger partial charge in [-0.15, -0.1) is 0 Å². The van der Waals surface area contributed by atoms with Crippen LogP contribution in [0, 0.1) is 0 Å². The molecule has 2 N–H and O–H groups in total. The first-order chi connectivity index (χ1) is 7.16. The Morgan fingerprint density at radius 1 is 1.33 bits per heavy atom. The second-order valence-electron chi connectivity index (χ2n) is 4.48. The van der Waals surface area contributed by atoms with Crippen molar-refractivity contribution in [3.8, 4) is 0 Å². The van der Waals surface area contributed by atoms with Crippen molar-refractivity contribution in [2.24, 2.45) is 0 Å². The number of aliphatic hydroxyl groups is 1. The zero-order valence-electron chi connectivity index (χ0n) is 9.15. The van der Waals surface area contributed by atoms with Crippen molar-refractivity contribution in [1.29, 1.82) is 0 Å². The summed E-state index contributed by atoms with van der Waals surface area (Å²) in [4.78, 5) is 16.1. The summed E-state index contributed by atoms with van der Waals surface area (Å²) in [6.07, 6.45) is 0.206. The van der Waals surface area contributed by atoms with Crippen molar-refractivity contribution in [2.75, 3.05) is 39.8 Å². The molecule has 86 valence electrons. The number of amides is 1. The average Bonchev–Trinajstić information content (AvgIpc) is 2.65. The van der Waals surface area contributed by atoms with E-state index in [1.165, 1.54) is 0 Å². The van der Waals surface area contributed by atoms with Crippen LogP contribution in [0.2, 0.25) is 0 Å². The van der Waals surface area contributed by atoms with E-state index in [2.05, 4.69) is 17.3 Å². The summed E-state index contributed by atoms with van der Waals surface area (Å²) in [6.45, 7) is 4.05. The Labute approximate surface area is 90.0 Å². The summed E-state index contributed by atoms with van der Waals surface area (Å²) in [5, 5.41) is 12.4. The molecule has 0 unspecified atom stereocenters. The quantitative estimate of drug-likeness (QED) is 0.556. The molecule has 0 aliphatic carbocycles. The van der Waals surface area contributed by atoms with Gasteiger partial charge in [-0.3, -0.25) is 4.79 Å². The molecule has 2 aliphatic rings. The number of piperazine rings is 1. The molecular weight excluding hydrogens is 194 g/mol. The van der Waals surface area contributed by atoms with Crippen LogP contribution < -0.4 is 5.32 Å². The van der Waals surface area contributed by atoms with Gasteiger partial charge in [0.15, 0.2) is 0 Å². The highest BCUT2D eigenvalue weighted by Crippen LogP contribution is 2.11. The normalized spacial score (nSPS) is 33.3. The highest BCUT2D eigenvalue weighted by atomic mass is 16.3. The van der Waals surface area contributed by atoms with Crippen LogP contribution in [-0.4, -0.2) is 72.7 Å². The Morgan fingerprint density at radius 3 is 2.53 bits per heavy atom. The zero-order valence-corrected chi connectivity index (χ0v) is 9.15. The van der Waals surface area contributed by atoms with Crippen molar-refractivity contribution in [1.82, 2.24) is 15.1 Å². The minimum absolute atomic E-state index is 0.152. The molecule has 2 atom stereocenters. The summed E-state index contributed by atoms with van der Waals surface area (Å²) in [6, 6.07) is -0.164. The Morgan fingerprint density at radius 2 is 2.00 bits per heavy atom. The standard InChI is InChI=1S/C10H19N3O2/c1-12-2-4-13(5-3-12)10(15)9-6-8(14)7-11-9/h8-9,11,14H,2-7H2,1H3/t8-,9-/m0/s1. The number of hydrogen-bond acceptors (Lipinski definition) is 4. The number of carbonyl (C=O) groups excluding carboxylic acids is 1. The van der Waals surface area contributed by atoms with Crippen molar-refractivity contribution >= 4 is 5.91 Å². The molecule has 5 nitrogen and oxygen atoms in total. The number of likely N-dealkylation sites (N-methyl/N-ethyl adjacent to an activating group) is 1. The number of carbonyl (C=O) groups is 1. The van der Waals surface area contributed by atoms with Gasteiger partial charge < -0.3 is 20.2 Å². The lowest BCUT2D eigenvalue weighted by Crippen LogP contribution is -2.52. The van der Waals surface area contributed by atoms with E-state index in [0.29, 0.717) is 13.0 Å². The van der Waals surface area contributed by atoms with Gasteiger partial charge in [0, 0.05) is 32.7 Å². The number of hydrogen-bond donors (Lipinski definition) is 2. The van der Waals surface area contributed by atoms with Gasteiger partial charge in [-0.25, -0.2) is 0 Å². The van der Waals surface area contributed by atoms with Crippen LogP contribution >= 0.6 is 0 Å². The fourth-order valence-electron chi connectivity index (χ4n) is 2.15. The molecule has 0 aromatic rings. The fraction of sp³-hybridized carbons (Fsp3) is 0.900. The van der Waals surface area contributed by atoms with Crippen LogP contribution in [0.3, 0.4) is 0 Å². The van der Waals surface area contributed by atoms with Gasteiger partial charge in [-0.2, -0.15) is 0 Å². The Balaban J connectivity index is 1.85. The number of β-amino-alcohol motifs (C(OH)–C–C–N with tert-alkyl or cyclic N) is 1. The van der Waals surface area contributed by atoms with E-state index in [1.54, 1.807) is 0 Å². The first kappa shape index (κ1) is 10.9. The maximum absolute atomic E-state index is 12.0. The topological polar surface area (TPSA) is 55.8 Å². The third-order valence-electron chi connectivity index (χ3n) is 3.22. The highest BCUT2D eigenvalue weighted by Gasteiger charge is 2.32. The van der Waals surface area contributed by atoms with Crippen LogP contribution in [-0.2, 0) is 4.79 Å². The smallest absolute Gasteiger partial charge is 0.239 e. The molecule has 0 aromatic heterocycles. The fourth-order valence-corrected chi connectivity index (χ4v) is 2.15. The summed E-state index contributed by atoms with van der Waals surface area (Å²) < 4.78 is 0. The molecular formula is C10H19N3O2. The van der Waals surface area contributed by atoms with E-state index >= 15 is 0 Å². The first-order valence-electron chi connectivity index (χ1n) is 5.55. The SMILES string of the molecule is CN1CCN(C(=O)[C@@H]2C[C@H](O)CN2)CC1. The minimum Gasteiger partial charge on any atom is -0.392 e. The van der Waals surface area contributed by atoms with Gasteiger partial charge >= 0.3 is 0 Å². The van der Waals surface area contributed by atoms with Crippen molar-refractivity contribution in [3.05, 3.63) is 0 Å². The Kier molecular flexibility index (Phi) is 3.23. The molecule has 2 aliphatic heterocycles. The molecule has 2 fully saturated rings. The minimum atomic E-state index is -0.355. The van der Waals surface area contributed by atoms with Gasteiger partial charge in [0.25, 0.3) is 0 Å². The molecule has 0 aromatic carbocycles. The van der Waals surface area contributed by atoms with E-state index < -0.39 is 0 Å². The Bertz CT molecular complexity index is 239. The molecule has 0 saturated carbocycles. The molecule has 0 spiro atoms. The second-order valence-corrected chi connectivity index (χ2v) is 4.48. The molecule has 1 amide bonds. The van der Waals surface area contributed by atoms with Crippen LogP contribution in [0.4, 0.5) is 0 Å². The van der Waals surface area contributed by atoms with Crippen LogP contribution in [0.25, 0.3) is 0 Å². The van der Waals surface area contributed by atoms with Crippen molar-refractivity contribution < 1.29 is 9.90 Å². The predicted octanol–water partition coefficient (Wildman–Crippen LogP) is -1.52. The van der Waals surface area contributed by atoms with Gasteiger partial charge in [0.05, 0.1) is 12.1 Å². The van der Waals surface area contributed by atoms with Crippen molar-refractivity contribution in [2.45, 2.75) is 18.6 Å². The first-order valence-corrected chi connectivity index (χ1v) is 5.55. The number of nitrogens with one attached hydrogen (secondary N) is 1. The summed E-state index contributed by atoms with van der Waals surface area (Å²) >= 11 is 0. The average molecular weight is 213 g/mol. The third kappa shape index (κ3) is 2.48. The van der Waals surface area contributed by atoms with E-state index in [4.69, 9.17) is 0 Å². The lowest BCUT2D eigenvalue weighted by Gasteiger charge is -2.33. The van der Waals surface area contributed by atoms with E-state index in [-0.39, 0.29) is 18.1 Å². The number of rotatable bonds is 1. The summed E-state index contributed by atoms with van der Waals surface area (Å²) in [5.74, 6) is 0.152. The molecule has 5 heteroatoms. The molecule has 2 heterocycles. The second kappa shape index (κ2) is 4.47. The van der Waals surface area contributed by atoms with Gasteiger partial charge in [0.2, 0.25) is 5.91 Å². The molecule has 0 radical (unpaired) electrons. The van der Waals surface area contributed by atoms with Gasteiger partial charge in [-0.1, -0.05) is 0 Å². The largest absolute Gasteiger partial charge is 0.392 e. The molecule has 2 saturated heterocycles. The van der Waals surface area contributed by atoms with Crippen molar-refractivity contribution in [3.63, 3.8) is 0 Å². The molecule has 2 rings (SSSR count). The predicted molar refractivity (Wildman–Crippen MR) is 56.5 cm³/mol. The van der Waals surface area contributed by atoms with Gasteiger partial charge in [0.1, 0.15) is 0 Å². The monoisotopic (exact) mass is 213 g/mol. The molecule has 0 bridgehead atoms. The third-order valence-corrected chi connectivity index (χ3v) is 3.22. The zero-order chi connectivity index (χ0) is 10.8. The van der Waals surface area contributed by atoms with Crippen LogP contribution in [0.15, 0.2) is 0 Å². The summed E-state index contributed by atoms with van der Waals surface area (Å²) in [7, 11) is 2.07. The van der Waals surface area contributed by atoms with E-state index in [0.717, 1.165) is 26.2 Å². The van der Waals surface area contributed by atoms with E-state index in [1.807, 2.05) is 4.90 Å². The lowest BCUT2D eigenvalue weighted by molar-refractivity contribution is -0.134. The highest BCUT2D eigenvalue weighted by molar-refractivity contribution is 5.82. The number of aliphatic hydroxyl groups excluding tert-OH is 1. The van der Waals surface area contributed by atoms with Crippen LogP contribution in [0.1, 0.15) is 6.42 Å². The van der Waals surface area contributed by atoms with Gasteiger partial charge in [-0.05, 0) is 13.5 Å². The maximum atomic E-state index is 12.0. The van der Waals surface area contributed by atoms with Crippen LogP contribution in [0.5, 0.6) is 0 Å². The lowest BCUT2D eigenvalue weighted by atomic mass is 10.1. The maximum Gasteiger partial charge on any atom is 0.239 e. The van der Waals surface area contributed by atoms with E-state index in [9.17, 15) is 9.90 Å². The Hall–Kier alpha value is -0.650.